The first-order chi connectivity index (χ1) is 13.1. The van der Waals surface area contributed by atoms with Gasteiger partial charge < -0.3 is 14.4 Å². The van der Waals surface area contributed by atoms with Gasteiger partial charge >= 0.3 is 0 Å². The van der Waals surface area contributed by atoms with E-state index in [2.05, 4.69) is 0 Å². The number of carbonyl (C=O) groups excluding carboxylic acids is 1. The normalized spacial score (nSPS) is 20.9. The Morgan fingerprint density at radius 2 is 1.85 bits per heavy atom. The van der Waals surface area contributed by atoms with Crippen LogP contribution in [0.3, 0.4) is 0 Å². The fourth-order valence-electron chi connectivity index (χ4n) is 3.98. The molecule has 2 aromatic rings. The summed E-state index contributed by atoms with van der Waals surface area (Å²) in [6, 6.07) is 12.5. The monoisotopic (exact) mass is 367 g/mol. The van der Waals surface area contributed by atoms with Gasteiger partial charge in [0, 0.05) is 37.4 Å². The van der Waals surface area contributed by atoms with E-state index in [1.165, 1.54) is 12.1 Å². The van der Waals surface area contributed by atoms with Crippen LogP contribution in [0.25, 0.3) is 11.1 Å². The number of hydrogen-bond acceptors (Lipinski definition) is 3. The van der Waals surface area contributed by atoms with Crippen LogP contribution in [0.5, 0.6) is 5.75 Å². The molecule has 1 amide bonds. The maximum absolute atomic E-state index is 13.5. The summed E-state index contributed by atoms with van der Waals surface area (Å²) in [6.45, 7) is 1.84. The Bertz CT molecular complexity index is 885. The van der Waals surface area contributed by atoms with Crippen molar-refractivity contribution in [1.82, 2.24) is 4.90 Å². The van der Waals surface area contributed by atoms with Crippen LogP contribution in [0, 0.1) is 11.7 Å². The van der Waals surface area contributed by atoms with Crippen LogP contribution in [0.1, 0.15) is 31.2 Å². The molecule has 2 aromatic carbocycles. The summed E-state index contributed by atoms with van der Waals surface area (Å²) in [5.41, 5.74) is 2.75. The molecule has 1 saturated heterocycles. The van der Waals surface area contributed by atoms with Crippen LogP contribution in [0.2, 0.25) is 0 Å². The van der Waals surface area contributed by atoms with Crippen LogP contribution in [-0.4, -0.2) is 29.7 Å². The summed E-state index contributed by atoms with van der Waals surface area (Å²) < 4.78 is 25.9. The molecule has 1 aliphatic carbocycles. The molecule has 0 radical (unpaired) electrons. The quantitative estimate of drug-likeness (QED) is 0.801. The Morgan fingerprint density at radius 3 is 2.59 bits per heavy atom. The highest BCUT2D eigenvalue weighted by Crippen LogP contribution is 2.40. The molecular weight excluding hydrogens is 345 g/mol. The molecule has 2 heterocycles. The van der Waals surface area contributed by atoms with Gasteiger partial charge in [-0.3, -0.25) is 4.79 Å². The molecule has 5 rings (SSSR count). The van der Waals surface area contributed by atoms with E-state index < -0.39 is 5.79 Å². The molecule has 0 N–H and O–H groups in total. The average Bonchev–Trinajstić information content (AvgIpc) is 3.53. The molecule has 5 heteroatoms. The maximum Gasteiger partial charge on any atom is 0.225 e. The Hall–Kier alpha value is -2.40. The highest BCUT2D eigenvalue weighted by Gasteiger charge is 2.43. The van der Waals surface area contributed by atoms with Crippen molar-refractivity contribution in [3.8, 4) is 16.9 Å². The standard InChI is InChI=1S/C22H22FNO3/c23-19-3-1-2-16(13-19)17-6-7-20-18(12-17)14-26-22(27-20)8-10-24(11-9-22)21(25)15-4-5-15/h1-3,6-7,12-13,15H,4-5,8-11,14H2. The van der Waals surface area contributed by atoms with Crippen LogP contribution < -0.4 is 4.74 Å². The smallest absolute Gasteiger partial charge is 0.225 e. The average molecular weight is 367 g/mol. The minimum Gasteiger partial charge on any atom is -0.462 e. The van der Waals surface area contributed by atoms with Gasteiger partial charge in [-0.25, -0.2) is 4.39 Å². The lowest BCUT2D eigenvalue weighted by molar-refractivity contribution is -0.227. The summed E-state index contributed by atoms with van der Waals surface area (Å²) in [6.07, 6.45) is 3.45. The number of nitrogens with zero attached hydrogens (tertiary/aromatic N) is 1. The summed E-state index contributed by atoms with van der Waals surface area (Å²) >= 11 is 0. The number of piperidine rings is 1. The number of carbonyl (C=O) groups is 1. The Balaban J connectivity index is 1.31. The van der Waals surface area contributed by atoms with E-state index in [-0.39, 0.29) is 11.7 Å². The van der Waals surface area contributed by atoms with Gasteiger partial charge in [0.05, 0.1) is 6.61 Å². The summed E-state index contributed by atoms with van der Waals surface area (Å²) in [4.78, 5) is 14.2. The molecule has 0 aromatic heterocycles. The van der Waals surface area contributed by atoms with E-state index in [0.29, 0.717) is 38.4 Å². The van der Waals surface area contributed by atoms with E-state index in [4.69, 9.17) is 9.47 Å². The molecule has 140 valence electrons. The highest BCUT2D eigenvalue weighted by atomic mass is 19.1. The number of likely N-dealkylation sites (tertiary alicyclic amines) is 1. The van der Waals surface area contributed by atoms with Gasteiger partial charge in [0.2, 0.25) is 11.7 Å². The molecule has 2 fully saturated rings. The van der Waals surface area contributed by atoms with Crippen molar-refractivity contribution in [1.29, 1.82) is 0 Å². The van der Waals surface area contributed by atoms with Crippen molar-refractivity contribution in [2.24, 2.45) is 5.92 Å². The molecule has 2 aliphatic heterocycles. The molecule has 1 saturated carbocycles. The van der Waals surface area contributed by atoms with Gasteiger partial charge in [-0.05, 0) is 48.2 Å². The zero-order chi connectivity index (χ0) is 18.4. The number of fused-ring (bicyclic) bond motifs is 1. The van der Waals surface area contributed by atoms with Crippen molar-refractivity contribution in [2.75, 3.05) is 13.1 Å². The number of rotatable bonds is 2. The fourth-order valence-corrected chi connectivity index (χ4v) is 3.98. The zero-order valence-corrected chi connectivity index (χ0v) is 15.1. The van der Waals surface area contributed by atoms with Crippen LogP contribution >= 0.6 is 0 Å². The first-order valence-corrected chi connectivity index (χ1v) is 9.63. The first kappa shape index (κ1) is 16.8. The Kier molecular flexibility index (Phi) is 3.93. The SMILES string of the molecule is O=C(C1CC1)N1CCC2(CC1)OCc1cc(-c3cccc(F)c3)ccc1O2. The highest BCUT2D eigenvalue weighted by molar-refractivity contribution is 5.81. The second kappa shape index (κ2) is 6.34. The van der Waals surface area contributed by atoms with Crippen LogP contribution in [-0.2, 0) is 16.1 Å². The molecule has 3 aliphatic rings. The third-order valence-electron chi connectivity index (χ3n) is 5.77. The third kappa shape index (κ3) is 3.21. The van der Waals surface area contributed by atoms with Crippen molar-refractivity contribution < 1.29 is 18.7 Å². The molecule has 0 atom stereocenters. The van der Waals surface area contributed by atoms with E-state index in [9.17, 15) is 9.18 Å². The number of hydrogen-bond donors (Lipinski definition) is 0. The predicted octanol–water partition coefficient (Wildman–Crippen LogP) is 4.13. The molecule has 0 bridgehead atoms. The van der Waals surface area contributed by atoms with Crippen LogP contribution in [0.15, 0.2) is 42.5 Å². The van der Waals surface area contributed by atoms with Gasteiger partial charge in [0.1, 0.15) is 11.6 Å². The van der Waals surface area contributed by atoms with E-state index in [1.807, 2.05) is 29.2 Å². The summed E-state index contributed by atoms with van der Waals surface area (Å²) in [5.74, 6) is 0.496. The fraction of sp³-hybridized carbons (Fsp3) is 0.409. The number of benzene rings is 2. The lowest BCUT2D eigenvalue weighted by Gasteiger charge is -2.44. The third-order valence-corrected chi connectivity index (χ3v) is 5.77. The Morgan fingerprint density at radius 1 is 1.07 bits per heavy atom. The zero-order valence-electron chi connectivity index (χ0n) is 15.1. The largest absolute Gasteiger partial charge is 0.462 e. The van der Waals surface area contributed by atoms with E-state index >= 15 is 0 Å². The van der Waals surface area contributed by atoms with E-state index in [1.54, 1.807) is 6.07 Å². The number of halogens is 1. The van der Waals surface area contributed by atoms with Crippen LogP contribution in [0.4, 0.5) is 4.39 Å². The summed E-state index contributed by atoms with van der Waals surface area (Å²) in [7, 11) is 0. The molecule has 4 nitrogen and oxygen atoms in total. The van der Waals surface area contributed by atoms with Gasteiger partial charge in [0.25, 0.3) is 0 Å². The molecular formula is C22H22FNO3. The lowest BCUT2D eigenvalue weighted by Crippen LogP contribution is -2.52. The van der Waals surface area contributed by atoms with Crippen molar-refractivity contribution in [3.63, 3.8) is 0 Å². The minimum atomic E-state index is -0.631. The molecule has 27 heavy (non-hydrogen) atoms. The van der Waals surface area contributed by atoms with Gasteiger partial charge in [-0.15, -0.1) is 0 Å². The predicted molar refractivity (Wildman–Crippen MR) is 98.5 cm³/mol. The molecule has 0 unspecified atom stereocenters. The van der Waals surface area contributed by atoms with Gasteiger partial charge in [0.15, 0.2) is 0 Å². The number of amides is 1. The topological polar surface area (TPSA) is 38.8 Å². The minimum absolute atomic E-state index is 0.246. The lowest BCUT2D eigenvalue weighted by atomic mass is 9.99. The van der Waals surface area contributed by atoms with Crippen molar-refractivity contribution >= 4 is 5.91 Å². The van der Waals surface area contributed by atoms with Crippen molar-refractivity contribution in [2.45, 2.75) is 38.1 Å². The van der Waals surface area contributed by atoms with E-state index in [0.717, 1.165) is 35.3 Å². The summed E-state index contributed by atoms with van der Waals surface area (Å²) in [5, 5.41) is 0. The van der Waals surface area contributed by atoms with Gasteiger partial charge in [-0.1, -0.05) is 18.2 Å². The first-order valence-electron chi connectivity index (χ1n) is 9.63. The maximum atomic E-state index is 13.5. The second-order valence-electron chi connectivity index (χ2n) is 7.73. The second-order valence-corrected chi connectivity index (χ2v) is 7.73. The molecule has 1 spiro atoms. The Labute approximate surface area is 157 Å². The van der Waals surface area contributed by atoms with Crippen molar-refractivity contribution in [3.05, 3.63) is 53.8 Å². The number of ether oxygens (including phenoxy) is 2. The van der Waals surface area contributed by atoms with Gasteiger partial charge in [-0.2, -0.15) is 0 Å².